The number of rotatable bonds is 1. The van der Waals surface area contributed by atoms with Crippen molar-refractivity contribution < 1.29 is 0 Å². The molecule has 1 aromatic heterocycles. The molecular formula is C16H21N3O. The monoisotopic (exact) mass is 271 g/mol. The summed E-state index contributed by atoms with van der Waals surface area (Å²) in [4.78, 5) is 19.9. The van der Waals surface area contributed by atoms with Gasteiger partial charge in [0.25, 0.3) is 5.56 Å². The summed E-state index contributed by atoms with van der Waals surface area (Å²) in [5.41, 5.74) is 2.89. The van der Waals surface area contributed by atoms with Crippen LogP contribution in [0.15, 0.2) is 29.1 Å². The van der Waals surface area contributed by atoms with Gasteiger partial charge in [0, 0.05) is 25.0 Å². The first kappa shape index (κ1) is 13.2. The molecule has 2 aromatic rings. The number of aromatic nitrogens is 1. The summed E-state index contributed by atoms with van der Waals surface area (Å²) >= 11 is 0. The lowest BCUT2D eigenvalue weighted by Gasteiger charge is -2.22. The highest BCUT2D eigenvalue weighted by Crippen LogP contribution is 2.19. The molecule has 1 fully saturated rings. The number of benzene rings is 1. The molecule has 1 aliphatic rings. The van der Waals surface area contributed by atoms with Gasteiger partial charge in [-0.15, -0.1) is 0 Å². The summed E-state index contributed by atoms with van der Waals surface area (Å²) in [5.74, 6) is 0. The highest BCUT2D eigenvalue weighted by Gasteiger charge is 2.16. The third kappa shape index (κ3) is 2.43. The van der Waals surface area contributed by atoms with Crippen molar-refractivity contribution in [2.24, 2.45) is 0 Å². The molecule has 2 heterocycles. The summed E-state index contributed by atoms with van der Waals surface area (Å²) in [7, 11) is 2.14. The number of pyridine rings is 1. The number of likely N-dealkylation sites (N-methyl/N-ethyl adjacent to an activating group) is 1. The van der Waals surface area contributed by atoms with E-state index in [0.29, 0.717) is 0 Å². The minimum Gasteiger partial charge on any atom is -0.366 e. The van der Waals surface area contributed by atoms with Crippen molar-refractivity contribution in [2.45, 2.75) is 13.3 Å². The fourth-order valence-corrected chi connectivity index (χ4v) is 2.89. The van der Waals surface area contributed by atoms with E-state index in [9.17, 15) is 4.79 Å². The van der Waals surface area contributed by atoms with E-state index in [1.54, 1.807) is 0 Å². The van der Waals surface area contributed by atoms with Crippen LogP contribution in [0.25, 0.3) is 10.9 Å². The lowest BCUT2D eigenvalue weighted by molar-refractivity contribution is 0.360. The number of hydrogen-bond acceptors (Lipinski definition) is 3. The zero-order valence-corrected chi connectivity index (χ0v) is 12.1. The van der Waals surface area contributed by atoms with Gasteiger partial charge in [-0.25, -0.2) is 0 Å². The van der Waals surface area contributed by atoms with Crippen LogP contribution in [0.1, 0.15) is 12.0 Å². The van der Waals surface area contributed by atoms with Gasteiger partial charge in [0.15, 0.2) is 0 Å². The van der Waals surface area contributed by atoms with E-state index in [0.717, 1.165) is 54.8 Å². The predicted molar refractivity (Wildman–Crippen MR) is 83.6 cm³/mol. The van der Waals surface area contributed by atoms with Crippen molar-refractivity contribution in [1.29, 1.82) is 0 Å². The van der Waals surface area contributed by atoms with Gasteiger partial charge in [-0.3, -0.25) is 4.79 Å². The van der Waals surface area contributed by atoms with E-state index in [4.69, 9.17) is 0 Å². The number of fused-ring (bicyclic) bond motifs is 1. The second-order valence-corrected chi connectivity index (χ2v) is 5.67. The van der Waals surface area contributed by atoms with Gasteiger partial charge in [-0.1, -0.05) is 18.2 Å². The van der Waals surface area contributed by atoms with Crippen molar-refractivity contribution in [1.82, 2.24) is 9.88 Å². The average Bonchev–Trinajstić information content (AvgIpc) is 2.64. The Hall–Kier alpha value is -1.81. The Balaban J connectivity index is 2.03. The third-order valence-corrected chi connectivity index (χ3v) is 4.13. The van der Waals surface area contributed by atoms with Gasteiger partial charge in [0.2, 0.25) is 0 Å². The molecule has 4 nitrogen and oxygen atoms in total. The maximum atomic E-state index is 12.4. The summed E-state index contributed by atoms with van der Waals surface area (Å²) in [6.07, 6.45) is 1.10. The molecule has 0 unspecified atom stereocenters. The van der Waals surface area contributed by atoms with Gasteiger partial charge >= 0.3 is 0 Å². The van der Waals surface area contributed by atoms with Gasteiger partial charge in [0.1, 0.15) is 5.69 Å². The third-order valence-electron chi connectivity index (χ3n) is 4.13. The minimum absolute atomic E-state index is 0.0244. The quantitative estimate of drug-likeness (QED) is 0.862. The maximum absolute atomic E-state index is 12.4. The topological polar surface area (TPSA) is 39.3 Å². The largest absolute Gasteiger partial charge is 0.366 e. The summed E-state index contributed by atoms with van der Waals surface area (Å²) in [6.45, 7) is 5.99. The highest BCUT2D eigenvalue weighted by molar-refractivity contribution is 5.84. The Morgan fingerprint density at radius 1 is 1.15 bits per heavy atom. The van der Waals surface area contributed by atoms with Crippen LogP contribution in [-0.4, -0.2) is 43.1 Å². The van der Waals surface area contributed by atoms with Gasteiger partial charge < -0.3 is 14.8 Å². The highest BCUT2D eigenvalue weighted by atomic mass is 16.1. The summed E-state index contributed by atoms with van der Waals surface area (Å²) in [6, 6.07) is 8.16. The van der Waals surface area contributed by atoms with Gasteiger partial charge in [-0.05, 0) is 38.6 Å². The van der Waals surface area contributed by atoms with Crippen molar-refractivity contribution in [3.63, 3.8) is 0 Å². The van der Waals surface area contributed by atoms with Crippen LogP contribution in [0.4, 0.5) is 5.69 Å². The van der Waals surface area contributed by atoms with E-state index in [1.165, 1.54) is 0 Å². The second kappa shape index (κ2) is 5.29. The number of H-pyrrole nitrogens is 1. The first-order chi connectivity index (χ1) is 9.65. The number of aryl methyl sites for hydroxylation is 1. The normalized spacial score (nSPS) is 17.4. The standard InChI is InChI=1S/C16H21N3O/c1-12-5-3-6-13-11-14(16(20)17-15(12)13)19-8-4-7-18(2)9-10-19/h3,5-6,11H,4,7-10H2,1-2H3,(H,17,20). The Morgan fingerprint density at radius 3 is 2.85 bits per heavy atom. The summed E-state index contributed by atoms with van der Waals surface area (Å²) in [5, 5.41) is 1.11. The molecular weight excluding hydrogens is 250 g/mol. The SMILES string of the molecule is Cc1cccc2cc(N3CCCN(C)CC3)c(=O)[nH]c12. The number of nitrogens with zero attached hydrogens (tertiary/aromatic N) is 2. The molecule has 20 heavy (non-hydrogen) atoms. The van der Waals surface area contributed by atoms with Crippen LogP contribution in [0, 0.1) is 6.92 Å². The zero-order valence-electron chi connectivity index (χ0n) is 12.1. The van der Waals surface area contributed by atoms with Crippen molar-refractivity contribution in [2.75, 3.05) is 38.1 Å². The molecule has 106 valence electrons. The van der Waals surface area contributed by atoms with Crippen molar-refractivity contribution in [3.8, 4) is 0 Å². The van der Waals surface area contributed by atoms with Crippen molar-refractivity contribution >= 4 is 16.6 Å². The molecule has 1 aliphatic heterocycles. The molecule has 0 radical (unpaired) electrons. The van der Waals surface area contributed by atoms with Crippen LogP contribution in [-0.2, 0) is 0 Å². The van der Waals surface area contributed by atoms with Crippen LogP contribution in [0.2, 0.25) is 0 Å². The van der Waals surface area contributed by atoms with Crippen molar-refractivity contribution in [3.05, 3.63) is 40.2 Å². The molecule has 3 rings (SSSR count). The molecule has 0 bridgehead atoms. The fraction of sp³-hybridized carbons (Fsp3) is 0.438. The minimum atomic E-state index is 0.0244. The van der Waals surface area contributed by atoms with Crippen LogP contribution in [0.5, 0.6) is 0 Å². The first-order valence-corrected chi connectivity index (χ1v) is 7.21. The second-order valence-electron chi connectivity index (χ2n) is 5.67. The Kier molecular flexibility index (Phi) is 3.49. The lowest BCUT2D eigenvalue weighted by atomic mass is 10.1. The van der Waals surface area contributed by atoms with E-state index < -0.39 is 0 Å². The number of para-hydroxylation sites is 1. The summed E-state index contributed by atoms with van der Waals surface area (Å²) < 4.78 is 0. The number of hydrogen-bond donors (Lipinski definition) is 1. The van der Waals surface area contributed by atoms with E-state index in [2.05, 4.69) is 27.9 Å². The number of aromatic amines is 1. The molecule has 0 saturated carbocycles. The lowest BCUT2D eigenvalue weighted by Crippen LogP contribution is -2.32. The Bertz CT molecular complexity index is 677. The van der Waals surface area contributed by atoms with Gasteiger partial charge in [0.05, 0.1) is 5.52 Å². The average molecular weight is 271 g/mol. The van der Waals surface area contributed by atoms with E-state index in [-0.39, 0.29) is 5.56 Å². The van der Waals surface area contributed by atoms with E-state index in [1.807, 2.05) is 25.1 Å². The fourth-order valence-electron chi connectivity index (χ4n) is 2.89. The molecule has 1 aromatic carbocycles. The molecule has 4 heteroatoms. The smallest absolute Gasteiger partial charge is 0.271 e. The van der Waals surface area contributed by atoms with Gasteiger partial charge in [-0.2, -0.15) is 0 Å². The predicted octanol–water partition coefficient (Wildman–Crippen LogP) is 1.98. The zero-order chi connectivity index (χ0) is 14.1. The molecule has 0 amide bonds. The molecule has 0 aliphatic carbocycles. The van der Waals surface area contributed by atoms with Crippen LogP contribution >= 0.6 is 0 Å². The van der Waals surface area contributed by atoms with Crippen LogP contribution in [0.3, 0.4) is 0 Å². The van der Waals surface area contributed by atoms with Crippen LogP contribution < -0.4 is 10.5 Å². The number of nitrogens with one attached hydrogen (secondary N) is 1. The Labute approximate surface area is 119 Å². The maximum Gasteiger partial charge on any atom is 0.271 e. The molecule has 1 N–H and O–H groups in total. The molecule has 0 atom stereocenters. The molecule has 1 saturated heterocycles. The first-order valence-electron chi connectivity index (χ1n) is 7.21. The number of anilines is 1. The Morgan fingerprint density at radius 2 is 2.00 bits per heavy atom. The van der Waals surface area contributed by atoms with E-state index >= 15 is 0 Å². The molecule has 0 spiro atoms.